The van der Waals surface area contributed by atoms with Crippen LogP contribution in [0, 0.1) is 0 Å². The zero-order chi connectivity index (χ0) is 20.0. The van der Waals surface area contributed by atoms with E-state index in [2.05, 4.69) is 5.32 Å². The number of carbonyl (C=O) groups excluding carboxylic acids is 1. The van der Waals surface area contributed by atoms with E-state index in [1.165, 1.54) is 34.3 Å². The van der Waals surface area contributed by atoms with E-state index in [0.29, 0.717) is 18.7 Å². The third kappa shape index (κ3) is 4.82. The van der Waals surface area contributed by atoms with Gasteiger partial charge in [0, 0.05) is 18.0 Å². The number of sulfonamides is 1. The molecule has 8 heteroatoms. The van der Waals surface area contributed by atoms with Gasteiger partial charge in [-0.05, 0) is 36.1 Å². The van der Waals surface area contributed by atoms with Gasteiger partial charge in [0.1, 0.15) is 5.75 Å². The number of phenols is 1. The first-order valence-electron chi connectivity index (χ1n) is 8.71. The second kappa shape index (κ2) is 9.25. The van der Waals surface area contributed by atoms with Crippen molar-refractivity contribution < 1.29 is 18.3 Å². The number of anilines is 1. The molecular weight excluding hydrogens is 384 g/mol. The van der Waals surface area contributed by atoms with Crippen LogP contribution in [0.3, 0.4) is 0 Å². The number of phenolic OH excluding ortho intramolecular Hbond substituents is 1. The molecule has 0 fully saturated rings. The van der Waals surface area contributed by atoms with E-state index >= 15 is 0 Å². The zero-order valence-corrected chi connectivity index (χ0v) is 17.2. The van der Waals surface area contributed by atoms with Crippen molar-refractivity contribution in [3.05, 3.63) is 48.0 Å². The van der Waals surface area contributed by atoms with Gasteiger partial charge in [-0.15, -0.1) is 11.8 Å². The lowest BCUT2D eigenvalue weighted by atomic mass is 10.2. The first-order chi connectivity index (χ1) is 12.8. The predicted molar refractivity (Wildman–Crippen MR) is 109 cm³/mol. The summed E-state index contributed by atoms with van der Waals surface area (Å²) in [5, 5.41) is 12.7. The molecule has 27 heavy (non-hydrogen) atoms. The lowest BCUT2D eigenvalue weighted by molar-refractivity contribution is 0.102. The summed E-state index contributed by atoms with van der Waals surface area (Å²) in [7, 11) is -3.69. The minimum Gasteiger partial charge on any atom is -0.506 e. The lowest BCUT2D eigenvalue weighted by Gasteiger charge is -2.19. The van der Waals surface area contributed by atoms with E-state index in [9.17, 15) is 18.3 Å². The van der Waals surface area contributed by atoms with E-state index in [-0.39, 0.29) is 16.3 Å². The quantitative estimate of drug-likeness (QED) is 0.513. The number of amides is 1. The molecule has 0 saturated carbocycles. The number of rotatable bonds is 8. The minimum absolute atomic E-state index is 0.0236. The van der Waals surface area contributed by atoms with Crippen LogP contribution < -0.4 is 5.32 Å². The summed E-state index contributed by atoms with van der Waals surface area (Å²) < 4.78 is 26.7. The monoisotopic (exact) mass is 408 g/mol. The zero-order valence-electron chi connectivity index (χ0n) is 15.6. The maximum atomic E-state index is 12.7. The molecule has 2 aromatic carbocycles. The van der Waals surface area contributed by atoms with Crippen LogP contribution in [0.25, 0.3) is 0 Å². The molecule has 146 valence electrons. The molecule has 2 rings (SSSR count). The molecule has 0 aromatic heterocycles. The number of nitrogens with zero attached hydrogens (tertiary/aromatic N) is 1. The number of carbonyl (C=O) groups is 1. The molecule has 6 nitrogen and oxygen atoms in total. The molecule has 0 radical (unpaired) electrons. The molecule has 0 aliphatic rings. The van der Waals surface area contributed by atoms with Crippen molar-refractivity contribution >= 4 is 33.4 Å². The van der Waals surface area contributed by atoms with E-state index in [1.54, 1.807) is 26.0 Å². The van der Waals surface area contributed by atoms with Crippen LogP contribution in [0.2, 0.25) is 0 Å². The van der Waals surface area contributed by atoms with Gasteiger partial charge in [-0.25, -0.2) is 8.42 Å². The third-order valence-corrected chi connectivity index (χ3v) is 6.99. The fourth-order valence-corrected chi connectivity index (χ4v) is 4.90. The highest BCUT2D eigenvalue weighted by Crippen LogP contribution is 2.29. The summed E-state index contributed by atoms with van der Waals surface area (Å²) in [6.07, 6.45) is 0. The summed E-state index contributed by atoms with van der Waals surface area (Å²) in [6, 6.07) is 11.1. The van der Waals surface area contributed by atoms with Crippen LogP contribution in [0.4, 0.5) is 5.69 Å². The Morgan fingerprint density at radius 2 is 1.78 bits per heavy atom. The molecule has 2 aromatic rings. The molecule has 0 aliphatic carbocycles. The van der Waals surface area contributed by atoms with Gasteiger partial charge in [0.15, 0.2) is 0 Å². The van der Waals surface area contributed by atoms with Crippen molar-refractivity contribution in [2.45, 2.75) is 30.6 Å². The average molecular weight is 409 g/mol. The molecule has 0 heterocycles. The first-order valence-corrected chi connectivity index (χ1v) is 11.1. The summed E-state index contributed by atoms with van der Waals surface area (Å²) in [4.78, 5) is 13.5. The average Bonchev–Trinajstić information content (AvgIpc) is 2.64. The predicted octanol–water partition coefficient (Wildman–Crippen LogP) is 3.79. The molecule has 0 unspecified atom stereocenters. The van der Waals surface area contributed by atoms with E-state index in [1.807, 2.05) is 19.1 Å². The molecular formula is C19H24N2O4S2. The Morgan fingerprint density at radius 1 is 1.11 bits per heavy atom. The summed E-state index contributed by atoms with van der Waals surface area (Å²) >= 11 is 1.54. The van der Waals surface area contributed by atoms with E-state index in [4.69, 9.17) is 0 Å². The standard InChI is InChI=1S/C19H24N2O4S2/c1-4-21(5-2)27(24,25)14-11-12-17(22)16(13-14)20-19(23)15-9-7-8-10-18(15)26-6-3/h7-13,22H,4-6H2,1-3H3,(H,20,23). The summed E-state index contributed by atoms with van der Waals surface area (Å²) in [6.45, 7) is 6.18. The van der Waals surface area contributed by atoms with Crippen molar-refractivity contribution in [1.29, 1.82) is 0 Å². The molecule has 0 aliphatic heterocycles. The van der Waals surface area contributed by atoms with Gasteiger partial charge in [0.2, 0.25) is 10.0 Å². The van der Waals surface area contributed by atoms with Gasteiger partial charge in [-0.3, -0.25) is 4.79 Å². The van der Waals surface area contributed by atoms with Crippen LogP contribution in [0.5, 0.6) is 5.75 Å². The third-order valence-electron chi connectivity index (χ3n) is 3.99. The van der Waals surface area contributed by atoms with Gasteiger partial charge in [-0.1, -0.05) is 32.9 Å². The number of benzene rings is 2. The SMILES string of the molecule is CCSc1ccccc1C(=O)Nc1cc(S(=O)(=O)N(CC)CC)ccc1O. The number of nitrogens with one attached hydrogen (secondary N) is 1. The van der Waals surface area contributed by atoms with Gasteiger partial charge in [-0.2, -0.15) is 4.31 Å². The van der Waals surface area contributed by atoms with Crippen molar-refractivity contribution in [2.24, 2.45) is 0 Å². The highest BCUT2D eigenvalue weighted by atomic mass is 32.2. The molecule has 0 atom stereocenters. The topological polar surface area (TPSA) is 86.7 Å². The van der Waals surface area contributed by atoms with Crippen LogP contribution >= 0.6 is 11.8 Å². The normalized spacial score (nSPS) is 11.6. The first kappa shape index (κ1) is 21.3. The Morgan fingerprint density at radius 3 is 2.41 bits per heavy atom. The number of aromatic hydroxyl groups is 1. The van der Waals surface area contributed by atoms with Crippen LogP contribution in [-0.4, -0.2) is 42.6 Å². The highest BCUT2D eigenvalue weighted by molar-refractivity contribution is 7.99. The number of hydrogen-bond donors (Lipinski definition) is 2. The maximum Gasteiger partial charge on any atom is 0.256 e. The molecule has 0 bridgehead atoms. The Balaban J connectivity index is 2.36. The van der Waals surface area contributed by atoms with Crippen LogP contribution in [0.15, 0.2) is 52.3 Å². The Kier molecular flexibility index (Phi) is 7.29. The maximum absolute atomic E-state index is 12.7. The van der Waals surface area contributed by atoms with Gasteiger partial charge in [0.25, 0.3) is 5.91 Å². The fourth-order valence-electron chi connectivity index (χ4n) is 2.61. The van der Waals surface area contributed by atoms with Gasteiger partial charge >= 0.3 is 0 Å². The Labute approximate surface area is 164 Å². The van der Waals surface area contributed by atoms with E-state index in [0.717, 1.165) is 10.6 Å². The molecule has 2 N–H and O–H groups in total. The van der Waals surface area contributed by atoms with Gasteiger partial charge in [0.05, 0.1) is 16.1 Å². The minimum atomic E-state index is -3.69. The number of thioether (sulfide) groups is 1. The van der Waals surface area contributed by atoms with E-state index < -0.39 is 15.9 Å². The molecule has 0 spiro atoms. The number of hydrogen-bond acceptors (Lipinski definition) is 5. The van der Waals surface area contributed by atoms with Crippen LogP contribution in [-0.2, 0) is 10.0 Å². The Hall–Kier alpha value is -2.03. The summed E-state index contributed by atoms with van der Waals surface area (Å²) in [5.41, 5.74) is 0.533. The van der Waals surface area contributed by atoms with Crippen molar-refractivity contribution in [2.75, 3.05) is 24.2 Å². The van der Waals surface area contributed by atoms with Gasteiger partial charge < -0.3 is 10.4 Å². The fraction of sp³-hybridized carbons (Fsp3) is 0.316. The second-order valence-corrected chi connectivity index (χ2v) is 8.90. The highest BCUT2D eigenvalue weighted by Gasteiger charge is 2.23. The van der Waals surface area contributed by atoms with Crippen molar-refractivity contribution in [3.8, 4) is 5.75 Å². The smallest absolute Gasteiger partial charge is 0.256 e. The summed E-state index contributed by atoms with van der Waals surface area (Å²) in [5.74, 6) is 0.217. The second-order valence-electron chi connectivity index (χ2n) is 5.65. The van der Waals surface area contributed by atoms with Crippen LogP contribution in [0.1, 0.15) is 31.1 Å². The largest absolute Gasteiger partial charge is 0.506 e. The molecule has 0 saturated heterocycles. The molecule has 1 amide bonds. The van der Waals surface area contributed by atoms with Crippen molar-refractivity contribution in [1.82, 2.24) is 4.31 Å². The lowest BCUT2D eigenvalue weighted by Crippen LogP contribution is -2.30. The van der Waals surface area contributed by atoms with Crippen molar-refractivity contribution in [3.63, 3.8) is 0 Å². The Bertz CT molecular complexity index is 910.